The van der Waals surface area contributed by atoms with E-state index in [4.69, 9.17) is 16.3 Å². The molecule has 3 N–H and O–H groups in total. The number of rotatable bonds is 5. The summed E-state index contributed by atoms with van der Waals surface area (Å²) in [4.78, 5) is 20.7. The summed E-state index contributed by atoms with van der Waals surface area (Å²) in [6.45, 7) is 2.27. The molecule has 34 heavy (non-hydrogen) atoms. The number of anilines is 2. The highest BCUT2D eigenvalue weighted by atomic mass is 35.5. The van der Waals surface area contributed by atoms with Crippen LogP contribution in [0.1, 0.15) is 6.42 Å². The molecule has 0 spiro atoms. The van der Waals surface area contributed by atoms with Crippen LogP contribution in [0.4, 0.5) is 20.3 Å². The lowest BCUT2D eigenvalue weighted by molar-refractivity contribution is -0.117. The van der Waals surface area contributed by atoms with E-state index in [0.29, 0.717) is 54.1 Å². The van der Waals surface area contributed by atoms with Crippen molar-refractivity contribution in [2.24, 2.45) is 5.92 Å². The average Bonchev–Trinajstić information content (AvgIpc) is 3.19. The minimum atomic E-state index is -1.10. The van der Waals surface area contributed by atoms with Gasteiger partial charge in [0.2, 0.25) is 5.91 Å². The van der Waals surface area contributed by atoms with E-state index in [9.17, 15) is 9.18 Å². The Hall–Kier alpha value is -3.35. The van der Waals surface area contributed by atoms with E-state index in [1.807, 2.05) is 5.01 Å². The summed E-state index contributed by atoms with van der Waals surface area (Å²) in [7, 11) is 0. The molecule has 2 fully saturated rings. The summed E-state index contributed by atoms with van der Waals surface area (Å²) in [5.41, 5.74) is 4.95. The number of amides is 1. The lowest BCUT2D eigenvalue weighted by Crippen LogP contribution is -2.40. The summed E-state index contributed by atoms with van der Waals surface area (Å²) in [5.74, 6) is -1.39. The number of ether oxygens (including phenoxy) is 1. The van der Waals surface area contributed by atoms with Gasteiger partial charge in [-0.05, 0) is 6.42 Å². The molecule has 1 aliphatic heterocycles. The number of halogens is 3. The van der Waals surface area contributed by atoms with Gasteiger partial charge < -0.3 is 19.9 Å². The van der Waals surface area contributed by atoms with Gasteiger partial charge in [0.25, 0.3) is 0 Å². The van der Waals surface area contributed by atoms with Crippen molar-refractivity contribution in [2.75, 3.05) is 37.0 Å². The summed E-state index contributed by atoms with van der Waals surface area (Å²) >= 11 is 6.51. The number of fused-ring (bicyclic) bond motifs is 2. The summed E-state index contributed by atoms with van der Waals surface area (Å²) in [5, 5.41) is 11.9. The Bertz CT molecular complexity index is 1420. The average molecular weight is 489 g/mol. The van der Waals surface area contributed by atoms with Gasteiger partial charge in [0, 0.05) is 30.2 Å². The smallest absolute Gasteiger partial charge is 0.231 e. The number of nitrogens with zero attached hydrogens (tertiary/aromatic N) is 5. The standard InChI is InChI=1S/C21H19ClF2N8O2/c22-17-16(11-6-26-29-19(11)20(18(17)24)30-32-1-3-34-4-2-32)13-8-31-9-14(27-15(31)7-25-13)28-21(33)10-5-12(10)23/h6-10,12,30H,1-5H2,(H,26,29)(H,28,33). The van der Waals surface area contributed by atoms with Crippen LogP contribution in [0.5, 0.6) is 0 Å². The van der Waals surface area contributed by atoms with Gasteiger partial charge in [-0.2, -0.15) is 5.10 Å². The SMILES string of the molecule is O=C(Nc1cn2cc(-c3c(Cl)c(F)c(NN4CCOCC4)c4[nH]ncc34)ncc2n1)C1CC1F. The number of aromatic nitrogens is 5. The molecule has 176 valence electrons. The number of benzene rings is 1. The molecule has 2 atom stereocenters. The third-order valence-electron chi connectivity index (χ3n) is 5.97. The molecule has 10 nitrogen and oxygen atoms in total. The molecule has 3 aromatic heterocycles. The fraction of sp³-hybridized carbons (Fsp3) is 0.333. The highest BCUT2D eigenvalue weighted by molar-refractivity contribution is 6.35. The van der Waals surface area contributed by atoms with Gasteiger partial charge >= 0.3 is 0 Å². The molecule has 1 saturated heterocycles. The molecule has 6 rings (SSSR count). The first-order chi connectivity index (χ1) is 16.5. The van der Waals surface area contributed by atoms with Crippen LogP contribution < -0.4 is 10.7 Å². The quantitative estimate of drug-likeness (QED) is 0.396. The first-order valence-corrected chi connectivity index (χ1v) is 11.1. The number of morpholine rings is 1. The van der Waals surface area contributed by atoms with E-state index in [1.165, 1.54) is 6.20 Å². The van der Waals surface area contributed by atoms with Crippen LogP contribution in [0.15, 0.2) is 24.8 Å². The van der Waals surface area contributed by atoms with Crippen LogP contribution in [-0.4, -0.2) is 68.0 Å². The Labute approximate surface area is 196 Å². The molecule has 13 heteroatoms. The maximum Gasteiger partial charge on any atom is 0.231 e. The topological polar surface area (TPSA) is 112 Å². The molecule has 1 saturated carbocycles. The lowest BCUT2D eigenvalue weighted by Gasteiger charge is -2.28. The summed E-state index contributed by atoms with van der Waals surface area (Å²) in [6.07, 6.45) is 5.40. The molecule has 2 unspecified atom stereocenters. The van der Waals surface area contributed by atoms with Crippen LogP contribution in [-0.2, 0) is 9.53 Å². The van der Waals surface area contributed by atoms with Crippen LogP contribution in [0, 0.1) is 11.7 Å². The van der Waals surface area contributed by atoms with Gasteiger partial charge in [0.1, 0.15) is 11.9 Å². The zero-order valence-electron chi connectivity index (χ0n) is 17.7. The van der Waals surface area contributed by atoms with Crippen molar-refractivity contribution in [2.45, 2.75) is 12.6 Å². The van der Waals surface area contributed by atoms with E-state index in [2.05, 4.69) is 30.9 Å². The summed E-state index contributed by atoms with van der Waals surface area (Å²) in [6, 6.07) is 0. The third-order valence-corrected chi connectivity index (χ3v) is 6.32. The van der Waals surface area contributed by atoms with Gasteiger partial charge in [-0.25, -0.2) is 18.8 Å². The number of hydrogen-bond acceptors (Lipinski definition) is 7. The van der Waals surface area contributed by atoms with Crippen molar-refractivity contribution in [1.82, 2.24) is 29.6 Å². The first kappa shape index (κ1) is 21.2. The molecule has 1 aliphatic carbocycles. The van der Waals surface area contributed by atoms with E-state index < -0.39 is 23.8 Å². The second kappa shape index (κ2) is 8.15. The molecule has 0 radical (unpaired) electrons. The minimum absolute atomic E-state index is 0.104. The molecule has 2 aliphatic rings. The van der Waals surface area contributed by atoms with Crippen LogP contribution in [0.25, 0.3) is 27.8 Å². The number of carbonyl (C=O) groups excluding carboxylic acids is 1. The highest BCUT2D eigenvalue weighted by Gasteiger charge is 2.43. The minimum Gasteiger partial charge on any atom is -0.379 e. The predicted octanol–water partition coefficient (Wildman–Crippen LogP) is 3.02. The number of nitrogens with one attached hydrogen (secondary N) is 3. The summed E-state index contributed by atoms with van der Waals surface area (Å²) < 4.78 is 35.6. The van der Waals surface area contributed by atoms with E-state index >= 15 is 4.39 Å². The van der Waals surface area contributed by atoms with Gasteiger partial charge in [-0.3, -0.25) is 14.9 Å². The third kappa shape index (κ3) is 3.63. The second-order valence-electron chi connectivity index (χ2n) is 8.26. The lowest BCUT2D eigenvalue weighted by atomic mass is 10.1. The molecule has 1 aromatic carbocycles. The van der Waals surface area contributed by atoms with Crippen molar-refractivity contribution >= 4 is 45.6 Å². The Morgan fingerprint density at radius 2 is 2.06 bits per heavy atom. The largest absolute Gasteiger partial charge is 0.379 e. The number of alkyl halides is 1. The monoisotopic (exact) mass is 488 g/mol. The van der Waals surface area contributed by atoms with Crippen molar-refractivity contribution in [3.63, 3.8) is 0 Å². The Morgan fingerprint density at radius 1 is 1.26 bits per heavy atom. The van der Waals surface area contributed by atoms with Crippen molar-refractivity contribution in [3.8, 4) is 11.3 Å². The number of carbonyl (C=O) groups is 1. The predicted molar refractivity (Wildman–Crippen MR) is 121 cm³/mol. The number of hydrazine groups is 1. The maximum absolute atomic E-state index is 15.5. The molecule has 1 amide bonds. The normalized spacial score (nSPS) is 20.7. The Morgan fingerprint density at radius 3 is 2.82 bits per heavy atom. The van der Waals surface area contributed by atoms with E-state index in [0.717, 1.165) is 0 Å². The zero-order valence-corrected chi connectivity index (χ0v) is 18.4. The molecular weight excluding hydrogens is 470 g/mol. The number of aromatic amines is 1. The fourth-order valence-corrected chi connectivity index (χ4v) is 4.34. The fourth-order valence-electron chi connectivity index (χ4n) is 4.05. The Kier molecular flexibility index (Phi) is 5.08. The van der Waals surface area contributed by atoms with Gasteiger partial charge in [-0.15, -0.1) is 0 Å². The van der Waals surface area contributed by atoms with Crippen LogP contribution in [0.3, 0.4) is 0 Å². The molecule has 0 bridgehead atoms. The first-order valence-electron chi connectivity index (χ1n) is 10.7. The van der Waals surface area contributed by atoms with E-state index in [1.54, 1.807) is 23.0 Å². The van der Waals surface area contributed by atoms with Crippen molar-refractivity contribution in [1.29, 1.82) is 0 Å². The molecule has 4 heterocycles. The van der Waals surface area contributed by atoms with Gasteiger partial charge in [0.15, 0.2) is 17.3 Å². The Balaban J connectivity index is 1.37. The van der Waals surface area contributed by atoms with Gasteiger partial charge in [0.05, 0.1) is 54.0 Å². The number of hydrogen-bond donors (Lipinski definition) is 3. The van der Waals surface area contributed by atoms with E-state index in [-0.39, 0.29) is 22.9 Å². The van der Waals surface area contributed by atoms with Crippen LogP contribution in [0.2, 0.25) is 5.02 Å². The maximum atomic E-state index is 15.5. The van der Waals surface area contributed by atoms with Crippen molar-refractivity contribution in [3.05, 3.63) is 35.6 Å². The zero-order chi connectivity index (χ0) is 23.4. The number of imidazole rings is 1. The molecule has 4 aromatic rings. The second-order valence-corrected chi connectivity index (χ2v) is 8.64. The van der Waals surface area contributed by atoms with Crippen molar-refractivity contribution < 1.29 is 18.3 Å². The van der Waals surface area contributed by atoms with Gasteiger partial charge in [-0.1, -0.05) is 11.6 Å². The number of H-pyrrole nitrogens is 1. The highest BCUT2D eigenvalue weighted by Crippen LogP contribution is 2.41. The molecular formula is C21H19ClF2N8O2. The van der Waals surface area contributed by atoms with Crippen LogP contribution >= 0.6 is 11.6 Å².